The van der Waals surface area contributed by atoms with E-state index in [1.807, 2.05) is 12.1 Å². The van der Waals surface area contributed by atoms with E-state index < -0.39 is 0 Å². The molecule has 0 fully saturated rings. The van der Waals surface area contributed by atoms with E-state index in [2.05, 4.69) is 31.9 Å². The molecule has 0 atom stereocenters. The molecule has 0 bridgehead atoms. The minimum absolute atomic E-state index is 0.559. The van der Waals surface area contributed by atoms with Crippen molar-refractivity contribution in [3.05, 3.63) is 32.3 Å². The number of benzene rings is 1. The third-order valence-corrected chi connectivity index (χ3v) is 4.30. The van der Waals surface area contributed by atoms with Crippen molar-refractivity contribution in [1.29, 1.82) is 0 Å². The number of hydrogen-bond donors (Lipinski definition) is 1. The standard InChI is InChI=1S/C12H10Br2N2O/c13-7-1-2-8(14)12-10(7)11(15)6-5-17-4-3-9(6)16-12/h1-2H,3-5H2,(H2,15,16). The van der Waals surface area contributed by atoms with E-state index in [0.717, 1.165) is 49.8 Å². The molecular weight excluding hydrogens is 348 g/mol. The quantitative estimate of drug-likeness (QED) is 0.785. The lowest BCUT2D eigenvalue weighted by atomic mass is 10.0. The van der Waals surface area contributed by atoms with E-state index >= 15 is 0 Å². The molecule has 2 N–H and O–H groups in total. The first kappa shape index (κ1) is 11.4. The van der Waals surface area contributed by atoms with Gasteiger partial charge in [0.15, 0.2) is 0 Å². The van der Waals surface area contributed by atoms with Gasteiger partial charge in [0.05, 0.1) is 24.4 Å². The smallest absolute Gasteiger partial charge is 0.0879 e. The maximum atomic E-state index is 6.24. The number of rotatable bonds is 0. The van der Waals surface area contributed by atoms with Crippen molar-refractivity contribution in [3.63, 3.8) is 0 Å². The highest BCUT2D eigenvalue weighted by Crippen LogP contribution is 2.37. The Morgan fingerprint density at radius 1 is 1.24 bits per heavy atom. The van der Waals surface area contributed by atoms with Crippen molar-refractivity contribution >= 4 is 48.5 Å². The zero-order chi connectivity index (χ0) is 12.0. The molecule has 0 amide bonds. The van der Waals surface area contributed by atoms with Gasteiger partial charge in [0.2, 0.25) is 0 Å². The summed E-state index contributed by atoms with van der Waals surface area (Å²) in [7, 11) is 0. The molecule has 17 heavy (non-hydrogen) atoms. The summed E-state index contributed by atoms with van der Waals surface area (Å²) in [5.41, 5.74) is 10.0. The first-order valence-corrected chi connectivity index (χ1v) is 6.89. The maximum Gasteiger partial charge on any atom is 0.0879 e. The number of nitrogens with two attached hydrogens (primary N) is 1. The van der Waals surface area contributed by atoms with E-state index in [1.165, 1.54) is 0 Å². The number of fused-ring (bicyclic) bond motifs is 2. The van der Waals surface area contributed by atoms with E-state index in [4.69, 9.17) is 15.5 Å². The normalized spacial score (nSPS) is 14.9. The summed E-state index contributed by atoms with van der Waals surface area (Å²) in [5, 5.41) is 0.962. The van der Waals surface area contributed by atoms with Crippen molar-refractivity contribution in [1.82, 2.24) is 4.98 Å². The van der Waals surface area contributed by atoms with Gasteiger partial charge < -0.3 is 10.5 Å². The second-order valence-electron chi connectivity index (χ2n) is 4.01. The summed E-state index contributed by atoms with van der Waals surface area (Å²) in [6.45, 7) is 1.28. The van der Waals surface area contributed by atoms with Crippen LogP contribution in [0.5, 0.6) is 0 Å². The predicted octanol–water partition coefficient (Wildman–Crippen LogP) is 3.41. The molecule has 1 aliphatic rings. The average Bonchev–Trinajstić information content (AvgIpc) is 2.34. The Bertz CT molecular complexity index is 613. The number of anilines is 1. The third kappa shape index (κ3) is 1.77. The minimum atomic E-state index is 0.559. The number of nitrogens with zero attached hydrogens (tertiary/aromatic N) is 1. The fraction of sp³-hybridized carbons (Fsp3) is 0.250. The van der Waals surface area contributed by atoms with E-state index in [9.17, 15) is 0 Å². The zero-order valence-electron chi connectivity index (χ0n) is 8.96. The molecule has 88 valence electrons. The Balaban J connectivity index is 2.44. The van der Waals surface area contributed by atoms with Crippen LogP contribution in [0.15, 0.2) is 21.1 Å². The summed E-state index contributed by atoms with van der Waals surface area (Å²) in [6.07, 6.45) is 0.828. The molecule has 1 aromatic carbocycles. The summed E-state index contributed by atoms with van der Waals surface area (Å²) >= 11 is 7.05. The number of pyridine rings is 1. The number of halogens is 2. The van der Waals surface area contributed by atoms with Crippen LogP contribution in [-0.2, 0) is 17.8 Å². The highest BCUT2D eigenvalue weighted by Gasteiger charge is 2.19. The molecule has 0 radical (unpaired) electrons. The van der Waals surface area contributed by atoms with Gasteiger partial charge >= 0.3 is 0 Å². The van der Waals surface area contributed by atoms with Crippen molar-refractivity contribution < 1.29 is 4.74 Å². The summed E-state index contributed by atoms with van der Waals surface area (Å²) in [4.78, 5) is 4.70. The van der Waals surface area contributed by atoms with Crippen LogP contribution in [0, 0.1) is 0 Å². The predicted molar refractivity (Wildman–Crippen MR) is 74.9 cm³/mol. The van der Waals surface area contributed by atoms with Crippen molar-refractivity contribution in [3.8, 4) is 0 Å². The van der Waals surface area contributed by atoms with Gasteiger partial charge in [0, 0.05) is 32.0 Å². The van der Waals surface area contributed by atoms with Crippen molar-refractivity contribution in [2.24, 2.45) is 0 Å². The van der Waals surface area contributed by atoms with Gasteiger partial charge in [-0.15, -0.1) is 0 Å². The first-order valence-electron chi connectivity index (χ1n) is 5.31. The molecule has 1 aliphatic heterocycles. The van der Waals surface area contributed by atoms with E-state index in [1.54, 1.807) is 0 Å². The second kappa shape index (κ2) is 4.23. The molecule has 3 rings (SSSR count). The molecule has 0 spiro atoms. The molecule has 5 heteroatoms. The van der Waals surface area contributed by atoms with Crippen LogP contribution < -0.4 is 5.73 Å². The Kier molecular flexibility index (Phi) is 2.84. The maximum absolute atomic E-state index is 6.24. The Morgan fingerprint density at radius 2 is 2.00 bits per heavy atom. The van der Waals surface area contributed by atoms with Crippen LogP contribution >= 0.6 is 31.9 Å². The summed E-state index contributed by atoms with van der Waals surface area (Å²) in [5.74, 6) is 0. The molecule has 3 nitrogen and oxygen atoms in total. The molecule has 0 saturated heterocycles. The number of aromatic nitrogens is 1. The van der Waals surface area contributed by atoms with Gasteiger partial charge in [-0.05, 0) is 28.1 Å². The lowest BCUT2D eigenvalue weighted by molar-refractivity contribution is 0.110. The van der Waals surface area contributed by atoms with Gasteiger partial charge in [-0.2, -0.15) is 0 Å². The monoisotopic (exact) mass is 356 g/mol. The lowest BCUT2D eigenvalue weighted by Gasteiger charge is -2.19. The topological polar surface area (TPSA) is 48.1 Å². The first-order chi connectivity index (χ1) is 8.18. The van der Waals surface area contributed by atoms with E-state index in [-0.39, 0.29) is 0 Å². The van der Waals surface area contributed by atoms with E-state index in [0.29, 0.717) is 6.61 Å². The van der Waals surface area contributed by atoms with Crippen LogP contribution in [-0.4, -0.2) is 11.6 Å². The average molecular weight is 358 g/mol. The second-order valence-corrected chi connectivity index (χ2v) is 5.71. The number of nitrogen functional groups attached to an aromatic ring is 1. The van der Waals surface area contributed by atoms with Crippen molar-refractivity contribution in [2.45, 2.75) is 13.0 Å². The largest absolute Gasteiger partial charge is 0.398 e. The summed E-state index contributed by atoms with van der Waals surface area (Å²) in [6, 6.07) is 3.95. The molecule has 2 heterocycles. The Morgan fingerprint density at radius 3 is 2.82 bits per heavy atom. The van der Waals surface area contributed by atoms with Crippen LogP contribution in [0.1, 0.15) is 11.3 Å². The fourth-order valence-corrected chi connectivity index (χ4v) is 3.08. The van der Waals surface area contributed by atoms with Gasteiger partial charge in [-0.1, -0.05) is 15.9 Å². The van der Waals surface area contributed by atoms with Crippen LogP contribution in [0.2, 0.25) is 0 Å². The highest BCUT2D eigenvalue weighted by molar-refractivity contribution is 9.11. The lowest BCUT2D eigenvalue weighted by Crippen LogP contribution is -2.14. The van der Waals surface area contributed by atoms with Gasteiger partial charge in [0.25, 0.3) is 0 Å². The SMILES string of the molecule is Nc1c2c(nc3c(Br)ccc(Br)c13)CCOC2. The van der Waals surface area contributed by atoms with Gasteiger partial charge in [-0.3, -0.25) is 4.98 Å². The molecule has 0 saturated carbocycles. The molecule has 0 aliphatic carbocycles. The molecule has 2 aromatic rings. The van der Waals surface area contributed by atoms with Crippen molar-refractivity contribution in [2.75, 3.05) is 12.3 Å². The summed E-state index contributed by atoms with van der Waals surface area (Å²) < 4.78 is 7.38. The van der Waals surface area contributed by atoms with Gasteiger partial charge in [-0.25, -0.2) is 0 Å². The number of ether oxygens (including phenoxy) is 1. The minimum Gasteiger partial charge on any atom is -0.398 e. The van der Waals surface area contributed by atoms with Crippen LogP contribution in [0.25, 0.3) is 10.9 Å². The number of hydrogen-bond acceptors (Lipinski definition) is 3. The van der Waals surface area contributed by atoms with Crippen LogP contribution in [0.3, 0.4) is 0 Å². The Hall–Kier alpha value is -0.650. The molecule has 1 aromatic heterocycles. The fourth-order valence-electron chi connectivity index (χ4n) is 2.13. The molecule has 0 unspecified atom stereocenters. The third-order valence-electron chi connectivity index (χ3n) is 3.00. The Labute approximate surface area is 116 Å². The molecular formula is C12H10Br2N2O. The highest BCUT2D eigenvalue weighted by atomic mass is 79.9. The van der Waals surface area contributed by atoms with Crippen LogP contribution in [0.4, 0.5) is 5.69 Å². The van der Waals surface area contributed by atoms with Gasteiger partial charge in [0.1, 0.15) is 0 Å². The zero-order valence-corrected chi connectivity index (χ0v) is 12.1.